The minimum atomic E-state index is -3.49. The van der Waals surface area contributed by atoms with E-state index in [-0.39, 0.29) is 11.4 Å². The first kappa shape index (κ1) is 13.3. The van der Waals surface area contributed by atoms with Gasteiger partial charge in [-0.15, -0.1) is 0 Å². The molecule has 18 heavy (non-hydrogen) atoms. The average Bonchev–Trinajstić information content (AvgIpc) is 2.78. The van der Waals surface area contributed by atoms with Crippen molar-refractivity contribution in [3.63, 3.8) is 0 Å². The Morgan fingerprint density at radius 2 is 2.06 bits per heavy atom. The fraction of sp³-hybridized carbons (Fsp3) is 0.500. The van der Waals surface area contributed by atoms with Crippen molar-refractivity contribution in [2.75, 3.05) is 19.7 Å². The lowest BCUT2D eigenvalue weighted by molar-refractivity contribution is 0.189. The van der Waals surface area contributed by atoms with Gasteiger partial charge in [0, 0.05) is 13.1 Å². The van der Waals surface area contributed by atoms with Crippen molar-refractivity contribution in [3.05, 3.63) is 24.3 Å². The van der Waals surface area contributed by atoms with E-state index >= 15 is 0 Å². The zero-order valence-electron chi connectivity index (χ0n) is 10.2. The summed E-state index contributed by atoms with van der Waals surface area (Å²) in [5, 5.41) is 9.40. The minimum Gasteiger partial charge on any atom is -0.494 e. The van der Waals surface area contributed by atoms with E-state index in [9.17, 15) is 13.5 Å². The lowest BCUT2D eigenvalue weighted by atomic mass is 10.3. The van der Waals surface area contributed by atoms with Gasteiger partial charge in [0.2, 0.25) is 10.0 Å². The third-order valence-corrected chi connectivity index (χ3v) is 4.78. The van der Waals surface area contributed by atoms with E-state index in [4.69, 9.17) is 4.74 Å². The standard InChI is InChI=1S/C12H17NO4S/c1-2-17-11-3-5-12(6-4-11)18(15,16)13-8-7-10(14)9-13/h3-6,10,14H,2,7-9H2,1H3. The van der Waals surface area contributed by atoms with E-state index in [1.165, 1.54) is 16.4 Å². The second-order valence-electron chi connectivity index (χ2n) is 4.21. The molecule has 1 fully saturated rings. The molecule has 5 nitrogen and oxygen atoms in total. The maximum atomic E-state index is 12.2. The number of benzene rings is 1. The van der Waals surface area contributed by atoms with E-state index < -0.39 is 16.1 Å². The molecule has 1 saturated heterocycles. The van der Waals surface area contributed by atoms with Gasteiger partial charge in [0.15, 0.2) is 0 Å². The van der Waals surface area contributed by atoms with Crippen molar-refractivity contribution >= 4 is 10.0 Å². The number of rotatable bonds is 4. The molecule has 0 saturated carbocycles. The van der Waals surface area contributed by atoms with E-state index in [1.807, 2.05) is 6.92 Å². The Morgan fingerprint density at radius 1 is 1.39 bits per heavy atom. The van der Waals surface area contributed by atoms with Gasteiger partial charge in [0.1, 0.15) is 5.75 Å². The molecule has 0 bridgehead atoms. The number of hydrogen-bond acceptors (Lipinski definition) is 4. The number of ether oxygens (including phenoxy) is 1. The van der Waals surface area contributed by atoms with E-state index in [0.29, 0.717) is 25.3 Å². The molecule has 1 atom stereocenters. The molecule has 1 unspecified atom stereocenters. The highest BCUT2D eigenvalue weighted by Gasteiger charge is 2.31. The molecule has 0 spiro atoms. The predicted molar refractivity (Wildman–Crippen MR) is 67.0 cm³/mol. The zero-order chi connectivity index (χ0) is 13.2. The van der Waals surface area contributed by atoms with Gasteiger partial charge in [-0.1, -0.05) is 0 Å². The van der Waals surface area contributed by atoms with Crippen LogP contribution in [0.3, 0.4) is 0 Å². The van der Waals surface area contributed by atoms with Crippen LogP contribution in [-0.4, -0.2) is 43.6 Å². The Bertz CT molecular complexity index is 497. The maximum Gasteiger partial charge on any atom is 0.243 e. The summed E-state index contributed by atoms with van der Waals surface area (Å²) >= 11 is 0. The molecule has 1 aliphatic heterocycles. The van der Waals surface area contributed by atoms with Gasteiger partial charge in [-0.2, -0.15) is 4.31 Å². The third kappa shape index (κ3) is 2.66. The first-order chi connectivity index (χ1) is 8.54. The summed E-state index contributed by atoms with van der Waals surface area (Å²) in [7, 11) is -3.49. The number of aliphatic hydroxyl groups is 1. The van der Waals surface area contributed by atoms with Crippen molar-refractivity contribution in [1.29, 1.82) is 0 Å². The largest absolute Gasteiger partial charge is 0.494 e. The molecule has 6 heteroatoms. The van der Waals surface area contributed by atoms with Crippen LogP contribution in [0.2, 0.25) is 0 Å². The Hall–Kier alpha value is -1.11. The molecule has 1 heterocycles. The Labute approximate surface area is 107 Å². The van der Waals surface area contributed by atoms with Crippen LogP contribution in [0.4, 0.5) is 0 Å². The number of sulfonamides is 1. The molecule has 1 N–H and O–H groups in total. The fourth-order valence-electron chi connectivity index (χ4n) is 1.95. The van der Waals surface area contributed by atoms with E-state index in [1.54, 1.807) is 12.1 Å². The fourth-order valence-corrected chi connectivity index (χ4v) is 3.44. The molecule has 1 aromatic carbocycles. The Morgan fingerprint density at radius 3 is 2.56 bits per heavy atom. The van der Waals surface area contributed by atoms with Crippen LogP contribution >= 0.6 is 0 Å². The molecule has 1 aliphatic rings. The third-order valence-electron chi connectivity index (χ3n) is 2.90. The second-order valence-corrected chi connectivity index (χ2v) is 6.15. The SMILES string of the molecule is CCOc1ccc(S(=O)(=O)N2CCC(O)C2)cc1. The quantitative estimate of drug-likeness (QED) is 0.881. The first-order valence-corrected chi connectivity index (χ1v) is 7.39. The summed E-state index contributed by atoms with van der Waals surface area (Å²) in [6.45, 7) is 2.97. The molecule has 0 radical (unpaired) electrons. The highest BCUT2D eigenvalue weighted by Crippen LogP contribution is 2.23. The molecule has 0 aromatic heterocycles. The van der Waals surface area contributed by atoms with Crippen LogP contribution in [-0.2, 0) is 10.0 Å². The summed E-state index contributed by atoms with van der Waals surface area (Å²) in [5.74, 6) is 0.651. The summed E-state index contributed by atoms with van der Waals surface area (Å²) in [6, 6.07) is 6.35. The Balaban J connectivity index is 2.19. The summed E-state index contributed by atoms with van der Waals surface area (Å²) in [6.07, 6.45) is -0.0570. The van der Waals surface area contributed by atoms with Gasteiger partial charge in [0.05, 0.1) is 17.6 Å². The van der Waals surface area contributed by atoms with Gasteiger partial charge in [0.25, 0.3) is 0 Å². The second kappa shape index (κ2) is 5.26. The minimum absolute atomic E-state index is 0.176. The zero-order valence-corrected chi connectivity index (χ0v) is 11.1. The number of nitrogens with zero attached hydrogens (tertiary/aromatic N) is 1. The van der Waals surface area contributed by atoms with Crippen molar-refractivity contribution in [2.45, 2.75) is 24.3 Å². The normalized spacial score (nSPS) is 21.1. The van der Waals surface area contributed by atoms with Crippen LogP contribution in [0.1, 0.15) is 13.3 Å². The van der Waals surface area contributed by atoms with Gasteiger partial charge >= 0.3 is 0 Å². The lowest BCUT2D eigenvalue weighted by Crippen LogP contribution is -2.29. The van der Waals surface area contributed by atoms with Crippen LogP contribution in [0.15, 0.2) is 29.2 Å². The lowest BCUT2D eigenvalue weighted by Gasteiger charge is -2.15. The molecule has 0 amide bonds. The van der Waals surface area contributed by atoms with Crippen LogP contribution in [0.25, 0.3) is 0 Å². The molecule has 100 valence electrons. The monoisotopic (exact) mass is 271 g/mol. The topological polar surface area (TPSA) is 66.8 Å². The molecule has 0 aliphatic carbocycles. The average molecular weight is 271 g/mol. The van der Waals surface area contributed by atoms with E-state index in [2.05, 4.69) is 0 Å². The summed E-state index contributed by atoms with van der Waals surface area (Å²) in [4.78, 5) is 0.236. The number of β-amino-alcohol motifs (C(OH)–C–C–N with tert-alkyl or cyclic N) is 1. The van der Waals surface area contributed by atoms with Crippen LogP contribution < -0.4 is 4.74 Å². The van der Waals surface area contributed by atoms with Crippen molar-refractivity contribution in [3.8, 4) is 5.75 Å². The number of aliphatic hydroxyl groups excluding tert-OH is 1. The summed E-state index contributed by atoms with van der Waals surface area (Å²) < 4.78 is 31.0. The molecular formula is C12H17NO4S. The smallest absolute Gasteiger partial charge is 0.243 e. The van der Waals surface area contributed by atoms with Gasteiger partial charge in [-0.25, -0.2) is 8.42 Å². The molecule has 1 aromatic rings. The van der Waals surface area contributed by atoms with Gasteiger partial charge in [-0.05, 0) is 37.6 Å². The number of hydrogen-bond donors (Lipinski definition) is 1. The van der Waals surface area contributed by atoms with Crippen LogP contribution in [0.5, 0.6) is 5.75 Å². The van der Waals surface area contributed by atoms with Crippen molar-refractivity contribution in [1.82, 2.24) is 4.31 Å². The molecule has 2 rings (SSSR count). The summed E-state index contributed by atoms with van der Waals surface area (Å²) in [5.41, 5.74) is 0. The van der Waals surface area contributed by atoms with Crippen LogP contribution in [0, 0.1) is 0 Å². The van der Waals surface area contributed by atoms with Crippen molar-refractivity contribution < 1.29 is 18.3 Å². The first-order valence-electron chi connectivity index (χ1n) is 5.95. The van der Waals surface area contributed by atoms with Gasteiger partial charge < -0.3 is 9.84 Å². The Kier molecular flexibility index (Phi) is 3.89. The molecular weight excluding hydrogens is 254 g/mol. The maximum absolute atomic E-state index is 12.2. The van der Waals surface area contributed by atoms with Crippen molar-refractivity contribution in [2.24, 2.45) is 0 Å². The predicted octanol–water partition coefficient (Wildman–Crippen LogP) is 0.841. The highest BCUT2D eigenvalue weighted by atomic mass is 32.2. The highest BCUT2D eigenvalue weighted by molar-refractivity contribution is 7.89. The van der Waals surface area contributed by atoms with E-state index in [0.717, 1.165) is 0 Å². The van der Waals surface area contributed by atoms with Gasteiger partial charge in [-0.3, -0.25) is 0 Å².